The van der Waals surface area contributed by atoms with E-state index in [1.165, 1.54) is 42.2 Å². The van der Waals surface area contributed by atoms with Gasteiger partial charge < -0.3 is 14.8 Å². The van der Waals surface area contributed by atoms with Gasteiger partial charge in [0.05, 0.1) is 18.7 Å². The highest BCUT2D eigenvalue weighted by atomic mass is 32.2. The van der Waals surface area contributed by atoms with Crippen LogP contribution in [0.1, 0.15) is 45.9 Å². The number of hydrogen-bond acceptors (Lipinski definition) is 6. The van der Waals surface area contributed by atoms with Gasteiger partial charge in [0.25, 0.3) is 5.91 Å². The van der Waals surface area contributed by atoms with Crippen molar-refractivity contribution in [1.82, 2.24) is 9.62 Å². The molecular weight excluding hydrogens is 492 g/mol. The molecule has 0 unspecified atom stereocenters. The summed E-state index contributed by atoms with van der Waals surface area (Å²) in [4.78, 5) is 25.1. The highest BCUT2D eigenvalue weighted by Crippen LogP contribution is 2.30. The van der Waals surface area contributed by atoms with Crippen LogP contribution in [0.25, 0.3) is 0 Å². The Morgan fingerprint density at radius 3 is 2.51 bits per heavy atom. The van der Waals surface area contributed by atoms with Crippen LogP contribution >= 0.6 is 0 Å². The fourth-order valence-corrected chi connectivity index (χ4v) is 5.79. The van der Waals surface area contributed by atoms with Gasteiger partial charge in [-0.3, -0.25) is 4.79 Å². The lowest BCUT2D eigenvalue weighted by molar-refractivity contribution is -0.125. The lowest BCUT2D eigenvalue weighted by atomic mass is 9.88. The first-order valence-corrected chi connectivity index (χ1v) is 13.5. The number of ether oxygens (including phenoxy) is 2. The Morgan fingerprint density at radius 1 is 1.03 bits per heavy atom. The zero-order valence-electron chi connectivity index (χ0n) is 20.8. The molecule has 0 heterocycles. The number of rotatable bonds is 9. The van der Waals surface area contributed by atoms with Gasteiger partial charge in [0, 0.05) is 13.6 Å². The number of methoxy groups -OCH3 is 1. The Hall–Kier alpha value is -3.69. The van der Waals surface area contributed by atoms with Crippen LogP contribution in [-0.4, -0.2) is 45.4 Å². The Morgan fingerprint density at radius 2 is 1.76 bits per heavy atom. The van der Waals surface area contributed by atoms with Crippen molar-refractivity contribution in [3.8, 4) is 5.75 Å². The van der Waals surface area contributed by atoms with E-state index in [2.05, 4.69) is 11.4 Å². The summed E-state index contributed by atoms with van der Waals surface area (Å²) in [6.45, 7) is -0.328. The third kappa shape index (κ3) is 6.18. The third-order valence-corrected chi connectivity index (χ3v) is 8.20. The van der Waals surface area contributed by atoms with E-state index >= 15 is 0 Å². The number of esters is 1. The summed E-state index contributed by atoms with van der Waals surface area (Å²) >= 11 is 0. The lowest BCUT2D eigenvalue weighted by Gasteiger charge is -2.26. The van der Waals surface area contributed by atoms with Crippen molar-refractivity contribution >= 4 is 21.9 Å². The van der Waals surface area contributed by atoms with Crippen LogP contribution in [0.5, 0.6) is 5.75 Å². The first-order valence-electron chi connectivity index (χ1n) is 12.0. The molecule has 1 atom stereocenters. The molecule has 194 valence electrons. The molecule has 8 nitrogen and oxygen atoms in total. The second kappa shape index (κ2) is 11.6. The third-order valence-electron chi connectivity index (χ3n) is 6.37. The van der Waals surface area contributed by atoms with Gasteiger partial charge in [-0.15, -0.1) is 0 Å². The number of sulfonamides is 1. The highest BCUT2D eigenvalue weighted by Gasteiger charge is 2.27. The summed E-state index contributed by atoms with van der Waals surface area (Å²) < 4.78 is 38.3. The number of nitrogens with one attached hydrogen (secondary N) is 1. The van der Waals surface area contributed by atoms with Crippen molar-refractivity contribution in [2.45, 2.75) is 36.7 Å². The van der Waals surface area contributed by atoms with Crippen LogP contribution < -0.4 is 10.1 Å². The standard InChI is InChI=1S/C28H30N2O6S/c1-30(18-20-9-4-3-5-10-20)37(33,34)26-17-22(15-16-25(26)35-2)28(32)36-19-27(31)29-24-14-8-12-21-11-6-7-13-23(21)24/h3-7,9-11,13,15-17,24H,8,12,14,18-19H2,1-2H3,(H,29,31)/t24-/m1/s1. The van der Waals surface area contributed by atoms with Gasteiger partial charge in [-0.1, -0.05) is 54.6 Å². The van der Waals surface area contributed by atoms with E-state index in [9.17, 15) is 18.0 Å². The second-order valence-electron chi connectivity index (χ2n) is 8.90. The zero-order chi connectivity index (χ0) is 26.4. The van der Waals surface area contributed by atoms with E-state index in [-0.39, 0.29) is 28.8 Å². The summed E-state index contributed by atoms with van der Waals surface area (Å²) in [5, 5.41) is 2.94. The maximum absolute atomic E-state index is 13.3. The number of amides is 1. The van der Waals surface area contributed by atoms with Crippen molar-refractivity contribution in [1.29, 1.82) is 0 Å². The average molecular weight is 523 g/mol. The highest BCUT2D eigenvalue weighted by molar-refractivity contribution is 7.89. The molecule has 9 heteroatoms. The number of fused-ring (bicyclic) bond motifs is 1. The Kier molecular flexibility index (Phi) is 8.25. The number of aryl methyl sites for hydroxylation is 1. The quantitative estimate of drug-likeness (QED) is 0.428. The molecule has 0 saturated heterocycles. The van der Waals surface area contributed by atoms with Crippen LogP contribution in [0, 0.1) is 0 Å². The summed E-state index contributed by atoms with van der Waals surface area (Å²) in [5.74, 6) is -1.12. The number of nitrogens with zero attached hydrogens (tertiary/aromatic N) is 1. The molecule has 0 bridgehead atoms. The molecule has 0 fully saturated rings. The second-order valence-corrected chi connectivity index (χ2v) is 10.9. The Labute approximate surface area is 217 Å². The van der Waals surface area contributed by atoms with Crippen LogP contribution in [0.2, 0.25) is 0 Å². The van der Waals surface area contributed by atoms with Crippen LogP contribution in [0.3, 0.4) is 0 Å². The first-order chi connectivity index (χ1) is 17.8. The van der Waals surface area contributed by atoms with E-state index in [1.807, 2.05) is 48.5 Å². The minimum atomic E-state index is -3.99. The number of carbonyl (C=O) groups excluding carboxylic acids is 2. The summed E-state index contributed by atoms with van der Waals surface area (Å²) in [7, 11) is -1.18. The van der Waals surface area contributed by atoms with Gasteiger partial charge >= 0.3 is 5.97 Å². The first kappa shape index (κ1) is 26.4. The molecule has 1 amide bonds. The van der Waals surface area contributed by atoms with Gasteiger partial charge in [0.1, 0.15) is 10.6 Å². The van der Waals surface area contributed by atoms with Crippen LogP contribution in [-0.2, 0) is 32.5 Å². The molecule has 1 aliphatic carbocycles. The van der Waals surface area contributed by atoms with E-state index in [0.717, 1.165) is 30.4 Å². The van der Waals surface area contributed by atoms with Gasteiger partial charge in [0.15, 0.2) is 6.61 Å². The fraction of sp³-hybridized carbons (Fsp3) is 0.286. The van der Waals surface area contributed by atoms with Crippen molar-refractivity contribution < 1.29 is 27.5 Å². The molecule has 3 aromatic carbocycles. The predicted octanol–water partition coefficient (Wildman–Crippen LogP) is 3.87. The monoisotopic (exact) mass is 522 g/mol. The summed E-state index contributed by atoms with van der Waals surface area (Å²) in [5.41, 5.74) is 3.11. The minimum Gasteiger partial charge on any atom is -0.495 e. The predicted molar refractivity (Wildman–Crippen MR) is 139 cm³/mol. The van der Waals surface area contributed by atoms with Gasteiger partial charge in [0.2, 0.25) is 10.0 Å². The molecule has 4 rings (SSSR count). The molecule has 37 heavy (non-hydrogen) atoms. The summed E-state index contributed by atoms with van der Waals surface area (Å²) in [6, 6.07) is 21.0. The largest absolute Gasteiger partial charge is 0.495 e. The smallest absolute Gasteiger partial charge is 0.338 e. The maximum Gasteiger partial charge on any atom is 0.338 e. The normalized spacial score (nSPS) is 15.1. The SMILES string of the molecule is COc1ccc(C(=O)OCC(=O)N[C@@H]2CCCc3ccccc32)cc1S(=O)(=O)N(C)Cc1ccccc1. The fourth-order valence-electron chi connectivity index (χ4n) is 4.45. The molecular formula is C28H30N2O6S. The van der Waals surface area contributed by atoms with E-state index in [1.54, 1.807) is 0 Å². The Balaban J connectivity index is 1.43. The van der Waals surface area contributed by atoms with Crippen LogP contribution in [0.4, 0.5) is 0 Å². The number of hydrogen-bond donors (Lipinski definition) is 1. The molecule has 1 N–H and O–H groups in total. The molecule has 1 aliphatic rings. The minimum absolute atomic E-state index is 0.00305. The maximum atomic E-state index is 13.3. The van der Waals surface area contributed by atoms with Crippen molar-refractivity contribution in [2.24, 2.45) is 0 Å². The molecule has 0 aliphatic heterocycles. The number of benzene rings is 3. The van der Waals surface area contributed by atoms with Crippen molar-refractivity contribution in [3.05, 3.63) is 95.1 Å². The van der Waals surface area contributed by atoms with E-state index in [4.69, 9.17) is 9.47 Å². The lowest BCUT2D eigenvalue weighted by Crippen LogP contribution is -2.34. The number of carbonyl (C=O) groups is 2. The molecule has 0 saturated carbocycles. The molecule has 3 aromatic rings. The van der Waals surface area contributed by atoms with E-state index < -0.39 is 28.5 Å². The van der Waals surface area contributed by atoms with Gasteiger partial charge in [-0.05, 0) is 54.2 Å². The van der Waals surface area contributed by atoms with Gasteiger partial charge in [-0.25, -0.2) is 13.2 Å². The van der Waals surface area contributed by atoms with E-state index in [0.29, 0.717) is 0 Å². The van der Waals surface area contributed by atoms with Crippen molar-refractivity contribution in [2.75, 3.05) is 20.8 Å². The molecule has 0 radical (unpaired) electrons. The molecule has 0 spiro atoms. The van der Waals surface area contributed by atoms with Crippen molar-refractivity contribution in [3.63, 3.8) is 0 Å². The Bertz CT molecular complexity index is 1370. The van der Waals surface area contributed by atoms with Crippen LogP contribution in [0.15, 0.2) is 77.7 Å². The average Bonchev–Trinajstić information content (AvgIpc) is 2.92. The summed E-state index contributed by atoms with van der Waals surface area (Å²) in [6.07, 6.45) is 2.75. The van der Waals surface area contributed by atoms with Gasteiger partial charge in [-0.2, -0.15) is 4.31 Å². The molecule has 0 aromatic heterocycles. The topological polar surface area (TPSA) is 102 Å². The zero-order valence-corrected chi connectivity index (χ0v) is 21.7.